The van der Waals surface area contributed by atoms with Crippen LogP contribution >= 0.6 is 0 Å². The van der Waals surface area contributed by atoms with Gasteiger partial charge in [0, 0.05) is 12.5 Å². The van der Waals surface area contributed by atoms with Crippen LogP contribution in [-0.4, -0.2) is 23.7 Å². The lowest BCUT2D eigenvalue weighted by atomic mass is 9.83. The van der Waals surface area contributed by atoms with Gasteiger partial charge in [-0.15, -0.1) is 0 Å². The first-order chi connectivity index (χ1) is 6.11. The molecule has 0 bridgehead atoms. The Hall–Kier alpha value is -0.570. The van der Waals surface area contributed by atoms with Crippen LogP contribution in [0.3, 0.4) is 0 Å². The predicted octanol–water partition coefficient (Wildman–Crippen LogP) is 0.920. The Morgan fingerprint density at radius 1 is 1.69 bits per heavy atom. The second-order valence-corrected chi connectivity index (χ2v) is 4.05. The molecule has 1 amide bonds. The summed E-state index contributed by atoms with van der Waals surface area (Å²) in [5, 5.41) is 12.0. The van der Waals surface area contributed by atoms with Crippen molar-refractivity contribution in [3.05, 3.63) is 0 Å². The first kappa shape index (κ1) is 10.5. The third-order valence-corrected chi connectivity index (χ3v) is 2.89. The molecule has 0 spiro atoms. The molecular weight excluding hydrogens is 166 g/mol. The van der Waals surface area contributed by atoms with Gasteiger partial charge >= 0.3 is 0 Å². The van der Waals surface area contributed by atoms with Gasteiger partial charge in [-0.25, -0.2) is 0 Å². The van der Waals surface area contributed by atoms with Crippen LogP contribution in [0.25, 0.3) is 0 Å². The van der Waals surface area contributed by atoms with Gasteiger partial charge in [0.05, 0.1) is 6.10 Å². The van der Waals surface area contributed by atoms with Crippen LogP contribution in [-0.2, 0) is 4.79 Å². The van der Waals surface area contributed by atoms with Gasteiger partial charge in [-0.1, -0.05) is 6.92 Å². The number of nitrogens with one attached hydrogen (secondary N) is 1. The highest BCUT2D eigenvalue weighted by Crippen LogP contribution is 2.24. The lowest BCUT2D eigenvalue weighted by Gasteiger charge is -2.28. The van der Waals surface area contributed by atoms with Crippen LogP contribution in [0.5, 0.6) is 0 Å². The zero-order valence-electron chi connectivity index (χ0n) is 8.42. The third-order valence-electron chi connectivity index (χ3n) is 2.89. The molecule has 13 heavy (non-hydrogen) atoms. The second-order valence-electron chi connectivity index (χ2n) is 4.05. The minimum absolute atomic E-state index is 0.118. The molecule has 0 aromatic rings. The number of aliphatic hydroxyl groups is 1. The van der Waals surface area contributed by atoms with Crippen LogP contribution in [0.2, 0.25) is 0 Å². The largest absolute Gasteiger partial charge is 0.393 e. The van der Waals surface area contributed by atoms with E-state index in [-0.39, 0.29) is 17.9 Å². The first-order valence-corrected chi connectivity index (χ1v) is 5.07. The van der Waals surface area contributed by atoms with Crippen molar-refractivity contribution < 1.29 is 9.90 Å². The topological polar surface area (TPSA) is 49.3 Å². The maximum atomic E-state index is 11.3. The first-order valence-electron chi connectivity index (χ1n) is 5.07. The van der Waals surface area contributed by atoms with E-state index < -0.39 is 0 Å². The monoisotopic (exact) mass is 185 g/mol. The fourth-order valence-electron chi connectivity index (χ4n) is 1.86. The quantitative estimate of drug-likeness (QED) is 0.687. The van der Waals surface area contributed by atoms with E-state index in [9.17, 15) is 4.79 Å². The molecule has 1 rings (SSSR count). The summed E-state index contributed by atoms with van der Waals surface area (Å²) in [6.45, 7) is 4.57. The summed E-state index contributed by atoms with van der Waals surface area (Å²) in [5.41, 5.74) is 0. The molecule has 1 fully saturated rings. The van der Waals surface area contributed by atoms with E-state index in [4.69, 9.17) is 5.11 Å². The normalized spacial score (nSPS) is 31.2. The average Bonchev–Trinajstić information content (AvgIpc) is 2.07. The number of aliphatic hydroxyl groups excluding tert-OH is 1. The fraction of sp³-hybridized carbons (Fsp3) is 0.900. The van der Waals surface area contributed by atoms with Gasteiger partial charge in [-0.2, -0.15) is 0 Å². The Labute approximate surface area is 79.5 Å². The summed E-state index contributed by atoms with van der Waals surface area (Å²) in [6, 6.07) is 0. The number of carbonyl (C=O) groups is 1. The minimum atomic E-state index is -0.239. The van der Waals surface area contributed by atoms with Gasteiger partial charge in [-0.3, -0.25) is 4.79 Å². The predicted molar refractivity (Wildman–Crippen MR) is 51.2 cm³/mol. The van der Waals surface area contributed by atoms with E-state index in [2.05, 4.69) is 5.32 Å². The maximum absolute atomic E-state index is 11.3. The molecule has 0 aromatic heterocycles. The van der Waals surface area contributed by atoms with Crippen LogP contribution in [0.1, 0.15) is 33.1 Å². The highest BCUT2D eigenvalue weighted by atomic mass is 16.3. The van der Waals surface area contributed by atoms with E-state index in [0.717, 1.165) is 25.8 Å². The zero-order chi connectivity index (χ0) is 9.84. The maximum Gasteiger partial charge on any atom is 0.223 e. The summed E-state index contributed by atoms with van der Waals surface area (Å²) in [6.07, 6.45) is 2.59. The molecule has 2 N–H and O–H groups in total. The zero-order valence-corrected chi connectivity index (χ0v) is 8.42. The Balaban J connectivity index is 2.35. The lowest BCUT2D eigenvalue weighted by Crippen LogP contribution is -2.40. The minimum Gasteiger partial charge on any atom is -0.393 e. The van der Waals surface area contributed by atoms with Crippen LogP contribution in [0, 0.1) is 11.8 Å². The summed E-state index contributed by atoms with van der Waals surface area (Å²) < 4.78 is 0. The van der Waals surface area contributed by atoms with Gasteiger partial charge < -0.3 is 10.4 Å². The molecular formula is C10H19NO2. The van der Waals surface area contributed by atoms with Gasteiger partial charge in [-0.05, 0) is 32.1 Å². The Bertz CT molecular complexity index is 180. The number of hydrogen-bond donors (Lipinski definition) is 2. The number of hydrogen-bond acceptors (Lipinski definition) is 2. The molecule has 0 saturated carbocycles. The van der Waals surface area contributed by atoms with Crippen LogP contribution in [0.15, 0.2) is 0 Å². The SMILES string of the molecule is C[C@@H]1C(=O)NCC[C@H]1CC[C@@H](C)O. The van der Waals surface area contributed by atoms with Crippen molar-refractivity contribution in [2.75, 3.05) is 6.54 Å². The number of carbonyl (C=O) groups excluding carboxylic acids is 1. The standard InChI is InChI=1S/C10H19NO2/c1-7(12)3-4-9-5-6-11-10(13)8(9)2/h7-9,12H,3-6H2,1-2H3,(H,11,13)/t7-,8+,9-/m1/s1. The van der Waals surface area contributed by atoms with Crippen molar-refractivity contribution in [3.63, 3.8) is 0 Å². The molecule has 0 aromatic carbocycles. The fourth-order valence-corrected chi connectivity index (χ4v) is 1.86. The molecule has 0 radical (unpaired) electrons. The number of rotatable bonds is 3. The van der Waals surface area contributed by atoms with Crippen molar-refractivity contribution >= 4 is 5.91 Å². The van der Waals surface area contributed by atoms with E-state index in [1.54, 1.807) is 6.92 Å². The third kappa shape index (κ3) is 2.99. The smallest absolute Gasteiger partial charge is 0.223 e. The van der Waals surface area contributed by atoms with Crippen molar-refractivity contribution in [1.82, 2.24) is 5.32 Å². The second kappa shape index (κ2) is 4.61. The molecule has 76 valence electrons. The number of amides is 1. The molecule has 1 saturated heterocycles. The van der Waals surface area contributed by atoms with Crippen LogP contribution in [0.4, 0.5) is 0 Å². The Morgan fingerprint density at radius 3 is 3.00 bits per heavy atom. The highest BCUT2D eigenvalue weighted by molar-refractivity contribution is 5.79. The molecule has 1 aliphatic rings. The molecule has 1 aliphatic heterocycles. The summed E-state index contributed by atoms with van der Waals surface area (Å²) >= 11 is 0. The van der Waals surface area contributed by atoms with Crippen molar-refractivity contribution in [3.8, 4) is 0 Å². The number of piperidine rings is 1. The Kier molecular flexibility index (Phi) is 3.72. The summed E-state index contributed by atoms with van der Waals surface area (Å²) in [5.74, 6) is 0.748. The van der Waals surface area contributed by atoms with Gasteiger partial charge in [0.25, 0.3) is 0 Å². The van der Waals surface area contributed by atoms with Crippen LogP contribution < -0.4 is 5.32 Å². The van der Waals surface area contributed by atoms with E-state index >= 15 is 0 Å². The van der Waals surface area contributed by atoms with Crippen molar-refractivity contribution in [2.24, 2.45) is 11.8 Å². The molecule has 3 nitrogen and oxygen atoms in total. The molecule has 3 atom stereocenters. The van der Waals surface area contributed by atoms with Gasteiger partial charge in [0.15, 0.2) is 0 Å². The summed E-state index contributed by atoms with van der Waals surface area (Å²) in [4.78, 5) is 11.3. The summed E-state index contributed by atoms with van der Waals surface area (Å²) in [7, 11) is 0. The molecule has 0 aliphatic carbocycles. The van der Waals surface area contributed by atoms with E-state index in [1.165, 1.54) is 0 Å². The van der Waals surface area contributed by atoms with Gasteiger partial charge in [0.2, 0.25) is 5.91 Å². The van der Waals surface area contributed by atoms with E-state index in [1.807, 2.05) is 6.92 Å². The average molecular weight is 185 g/mol. The van der Waals surface area contributed by atoms with E-state index in [0.29, 0.717) is 5.92 Å². The molecule has 0 unspecified atom stereocenters. The van der Waals surface area contributed by atoms with Crippen molar-refractivity contribution in [1.29, 1.82) is 0 Å². The lowest BCUT2D eigenvalue weighted by molar-refractivity contribution is -0.128. The Morgan fingerprint density at radius 2 is 2.38 bits per heavy atom. The molecule has 1 heterocycles. The van der Waals surface area contributed by atoms with Crippen molar-refractivity contribution in [2.45, 2.75) is 39.2 Å². The highest BCUT2D eigenvalue weighted by Gasteiger charge is 2.27. The van der Waals surface area contributed by atoms with Gasteiger partial charge in [0.1, 0.15) is 0 Å². The molecule has 3 heteroatoms.